The largest absolute Gasteiger partial charge is 0.345 e. The average molecular weight is 344 g/mol. The Kier molecular flexibility index (Phi) is 5.00. The molecule has 21 heavy (non-hydrogen) atoms. The summed E-state index contributed by atoms with van der Waals surface area (Å²) in [6, 6.07) is 16.3. The highest BCUT2D eigenvalue weighted by Crippen LogP contribution is 2.31. The molecule has 1 unspecified atom stereocenters. The Morgan fingerprint density at radius 1 is 1.14 bits per heavy atom. The molecule has 0 aliphatic carbocycles. The number of anilines is 2. The smallest absolute Gasteiger partial charge is 0.0991 e. The first-order valence-corrected chi connectivity index (χ1v) is 7.56. The van der Waals surface area contributed by atoms with E-state index in [1.165, 1.54) is 5.56 Å². The molecule has 2 aromatic rings. The molecule has 2 rings (SSSR count). The average Bonchev–Trinajstić information content (AvgIpc) is 2.53. The van der Waals surface area contributed by atoms with Gasteiger partial charge in [-0.2, -0.15) is 5.26 Å². The van der Waals surface area contributed by atoms with Gasteiger partial charge in [0.2, 0.25) is 0 Å². The van der Waals surface area contributed by atoms with Gasteiger partial charge in [-0.3, -0.25) is 0 Å². The molecule has 0 bridgehead atoms. The first-order valence-electron chi connectivity index (χ1n) is 6.77. The number of halogens is 1. The van der Waals surface area contributed by atoms with Gasteiger partial charge in [-0.25, -0.2) is 0 Å². The first-order chi connectivity index (χ1) is 10.1. The number of hydrogen-bond donors (Lipinski definition) is 1. The van der Waals surface area contributed by atoms with Crippen molar-refractivity contribution in [1.82, 2.24) is 5.32 Å². The van der Waals surface area contributed by atoms with Crippen LogP contribution in [0.5, 0.6) is 0 Å². The van der Waals surface area contributed by atoms with E-state index in [0.29, 0.717) is 11.6 Å². The number of nitrogens with one attached hydrogen (secondary N) is 1. The summed E-state index contributed by atoms with van der Waals surface area (Å²) in [5.41, 5.74) is 4.05. The Hall–Kier alpha value is -1.83. The van der Waals surface area contributed by atoms with Gasteiger partial charge in [0.05, 0.1) is 11.6 Å². The Labute approximate surface area is 134 Å². The van der Waals surface area contributed by atoms with E-state index in [-0.39, 0.29) is 0 Å². The number of rotatable bonds is 4. The van der Waals surface area contributed by atoms with Crippen molar-refractivity contribution in [1.29, 1.82) is 5.26 Å². The topological polar surface area (TPSA) is 39.1 Å². The minimum Gasteiger partial charge on any atom is -0.345 e. The molecular weight excluding hydrogens is 326 g/mol. The van der Waals surface area contributed by atoms with E-state index in [2.05, 4.69) is 57.3 Å². The van der Waals surface area contributed by atoms with E-state index in [0.717, 1.165) is 15.8 Å². The Balaban J connectivity index is 2.29. The van der Waals surface area contributed by atoms with Gasteiger partial charge in [0, 0.05) is 28.9 Å². The highest BCUT2D eigenvalue weighted by atomic mass is 79.9. The van der Waals surface area contributed by atoms with Gasteiger partial charge in [0.25, 0.3) is 0 Å². The van der Waals surface area contributed by atoms with Crippen molar-refractivity contribution in [2.45, 2.75) is 13.0 Å². The van der Waals surface area contributed by atoms with Gasteiger partial charge in [-0.1, -0.05) is 22.0 Å². The predicted octanol–water partition coefficient (Wildman–Crippen LogP) is 4.37. The minimum atomic E-state index is 0.300. The fraction of sp³-hybridized carbons (Fsp3) is 0.235. The van der Waals surface area contributed by atoms with Gasteiger partial charge < -0.3 is 10.2 Å². The Bertz CT molecular complexity index is 659. The zero-order valence-corrected chi connectivity index (χ0v) is 14.0. The highest BCUT2D eigenvalue weighted by molar-refractivity contribution is 9.10. The summed E-state index contributed by atoms with van der Waals surface area (Å²) in [6.45, 7) is 2.13. The van der Waals surface area contributed by atoms with E-state index in [1.807, 2.05) is 38.4 Å². The third kappa shape index (κ3) is 3.44. The zero-order chi connectivity index (χ0) is 15.4. The molecular formula is C17H18BrN3. The van der Waals surface area contributed by atoms with Crippen molar-refractivity contribution in [3.05, 3.63) is 58.1 Å². The van der Waals surface area contributed by atoms with Crippen LogP contribution in [0, 0.1) is 11.3 Å². The third-order valence-corrected chi connectivity index (χ3v) is 4.34. The molecule has 0 aliphatic rings. The normalized spacial score (nSPS) is 11.8. The Morgan fingerprint density at radius 2 is 1.76 bits per heavy atom. The molecule has 0 fully saturated rings. The summed E-state index contributed by atoms with van der Waals surface area (Å²) in [5.74, 6) is 0. The van der Waals surface area contributed by atoms with Crippen molar-refractivity contribution in [2.24, 2.45) is 0 Å². The summed E-state index contributed by atoms with van der Waals surface area (Å²) in [5, 5.41) is 12.1. The number of nitrogens with zero attached hydrogens (tertiary/aromatic N) is 2. The van der Waals surface area contributed by atoms with Crippen LogP contribution in [0.2, 0.25) is 0 Å². The van der Waals surface area contributed by atoms with E-state index >= 15 is 0 Å². The molecule has 0 saturated carbocycles. The van der Waals surface area contributed by atoms with Crippen molar-refractivity contribution in [3.63, 3.8) is 0 Å². The summed E-state index contributed by atoms with van der Waals surface area (Å²) >= 11 is 3.64. The molecule has 0 aliphatic heterocycles. The highest BCUT2D eigenvalue weighted by Gasteiger charge is 2.10. The van der Waals surface area contributed by atoms with Crippen LogP contribution >= 0.6 is 15.9 Å². The van der Waals surface area contributed by atoms with E-state index in [1.54, 1.807) is 0 Å². The first kappa shape index (κ1) is 15.6. The number of benzene rings is 2. The van der Waals surface area contributed by atoms with Crippen molar-refractivity contribution in [2.75, 3.05) is 19.0 Å². The molecule has 108 valence electrons. The van der Waals surface area contributed by atoms with Gasteiger partial charge >= 0.3 is 0 Å². The Morgan fingerprint density at radius 3 is 2.29 bits per heavy atom. The minimum absolute atomic E-state index is 0.300. The third-order valence-electron chi connectivity index (χ3n) is 3.65. The second-order valence-electron chi connectivity index (χ2n) is 4.93. The second-order valence-corrected chi connectivity index (χ2v) is 5.79. The maximum atomic E-state index is 8.85. The molecule has 0 aromatic heterocycles. The molecule has 0 spiro atoms. The lowest BCUT2D eigenvalue weighted by molar-refractivity contribution is 0.649. The number of hydrogen-bond acceptors (Lipinski definition) is 3. The number of nitriles is 1. The van der Waals surface area contributed by atoms with Crippen LogP contribution in [0.15, 0.2) is 46.9 Å². The summed E-state index contributed by atoms with van der Waals surface area (Å²) in [6.07, 6.45) is 0. The van der Waals surface area contributed by atoms with Crippen LogP contribution in [-0.4, -0.2) is 14.1 Å². The molecule has 1 N–H and O–H groups in total. The van der Waals surface area contributed by atoms with Crippen LogP contribution in [0.25, 0.3) is 0 Å². The molecule has 0 saturated heterocycles. The summed E-state index contributed by atoms with van der Waals surface area (Å²) in [4.78, 5) is 2.10. The fourth-order valence-electron chi connectivity index (χ4n) is 2.14. The molecule has 0 heterocycles. The van der Waals surface area contributed by atoms with Crippen LogP contribution in [0.4, 0.5) is 11.4 Å². The summed E-state index contributed by atoms with van der Waals surface area (Å²) in [7, 11) is 3.97. The SMILES string of the molecule is CNC(C)c1ccc(N(C)c2ccc(C#N)cc2)cc1Br. The van der Waals surface area contributed by atoms with Crippen LogP contribution < -0.4 is 10.2 Å². The van der Waals surface area contributed by atoms with Gasteiger partial charge in [0.15, 0.2) is 0 Å². The quantitative estimate of drug-likeness (QED) is 0.895. The zero-order valence-electron chi connectivity index (χ0n) is 12.4. The molecule has 0 amide bonds. The maximum absolute atomic E-state index is 8.85. The molecule has 0 radical (unpaired) electrons. The molecule has 4 heteroatoms. The summed E-state index contributed by atoms with van der Waals surface area (Å²) < 4.78 is 1.09. The fourth-order valence-corrected chi connectivity index (χ4v) is 2.85. The second kappa shape index (κ2) is 6.75. The van der Waals surface area contributed by atoms with E-state index in [4.69, 9.17) is 5.26 Å². The molecule has 3 nitrogen and oxygen atoms in total. The lowest BCUT2D eigenvalue weighted by atomic mass is 10.1. The van der Waals surface area contributed by atoms with E-state index < -0.39 is 0 Å². The lowest BCUT2D eigenvalue weighted by Gasteiger charge is -2.21. The standard InChI is InChI=1S/C17H18BrN3/c1-12(20-2)16-9-8-15(10-17(16)18)21(3)14-6-4-13(11-19)5-7-14/h4-10,12,20H,1-3H3. The monoisotopic (exact) mass is 343 g/mol. The molecule has 2 aromatic carbocycles. The van der Waals surface area contributed by atoms with Crippen LogP contribution in [-0.2, 0) is 0 Å². The van der Waals surface area contributed by atoms with Crippen molar-refractivity contribution < 1.29 is 0 Å². The van der Waals surface area contributed by atoms with Crippen molar-refractivity contribution >= 4 is 27.3 Å². The maximum Gasteiger partial charge on any atom is 0.0991 e. The predicted molar refractivity (Wildman–Crippen MR) is 90.8 cm³/mol. The van der Waals surface area contributed by atoms with Gasteiger partial charge in [0.1, 0.15) is 0 Å². The van der Waals surface area contributed by atoms with E-state index in [9.17, 15) is 0 Å². The van der Waals surface area contributed by atoms with Gasteiger partial charge in [-0.15, -0.1) is 0 Å². The van der Waals surface area contributed by atoms with Crippen LogP contribution in [0.1, 0.15) is 24.1 Å². The van der Waals surface area contributed by atoms with Crippen molar-refractivity contribution in [3.8, 4) is 6.07 Å². The lowest BCUT2D eigenvalue weighted by Crippen LogP contribution is -2.14. The van der Waals surface area contributed by atoms with Gasteiger partial charge in [-0.05, 0) is 55.9 Å². The van der Waals surface area contributed by atoms with Crippen LogP contribution in [0.3, 0.4) is 0 Å². The molecule has 1 atom stereocenters.